The molecule has 7 nitrogen and oxygen atoms in total. The van der Waals surface area contributed by atoms with Crippen molar-refractivity contribution in [2.24, 2.45) is 5.18 Å². The van der Waals surface area contributed by atoms with Crippen molar-refractivity contribution >= 4 is 28.7 Å². The Balaban J connectivity index is 2.74. The zero-order chi connectivity index (χ0) is 14.9. The van der Waals surface area contributed by atoms with Gasteiger partial charge in [-0.15, -0.1) is 4.91 Å². The number of aromatic nitrogens is 1. The molecule has 104 valence electrons. The molecular weight excluding hydrogens is 288 g/mol. The molecule has 1 unspecified atom stereocenters. The fourth-order valence-corrected chi connectivity index (χ4v) is 1.83. The van der Waals surface area contributed by atoms with E-state index in [0.29, 0.717) is 10.6 Å². The van der Waals surface area contributed by atoms with Crippen molar-refractivity contribution in [3.63, 3.8) is 0 Å². The van der Waals surface area contributed by atoms with E-state index in [2.05, 4.69) is 14.9 Å². The molecule has 20 heavy (non-hydrogen) atoms. The van der Waals surface area contributed by atoms with E-state index >= 15 is 0 Å². The van der Waals surface area contributed by atoms with Gasteiger partial charge in [-0.05, 0) is 29.8 Å². The van der Waals surface area contributed by atoms with E-state index in [1.807, 2.05) is 0 Å². The van der Waals surface area contributed by atoms with Crippen molar-refractivity contribution in [2.75, 3.05) is 7.11 Å². The minimum absolute atomic E-state index is 0.204. The second kappa shape index (κ2) is 5.38. The Morgan fingerprint density at radius 1 is 1.50 bits per heavy atom. The minimum atomic E-state index is -1.67. The highest BCUT2D eigenvalue weighted by Crippen LogP contribution is 2.24. The number of carbonyl (C=O) groups is 1. The van der Waals surface area contributed by atoms with Crippen LogP contribution in [0.3, 0.4) is 0 Å². The van der Waals surface area contributed by atoms with E-state index in [-0.39, 0.29) is 11.1 Å². The first-order valence-corrected chi connectivity index (χ1v) is 5.87. The highest BCUT2D eigenvalue weighted by Gasteiger charge is 2.29. The van der Waals surface area contributed by atoms with Crippen molar-refractivity contribution in [1.29, 1.82) is 0 Å². The monoisotopic (exact) mass is 296 g/mol. The van der Waals surface area contributed by atoms with Gasteiger partial charge < -0.3 is 9.15 Å². The zero-order valence-electron chi connectivity index (χ0n) is 10.5. The summed E-state index contributed by atoms with van der Waals surface area (Å²) < 4.78 is 9.42. The lowest BCUT2D eigenvalue weighted by atomic mass is 10.2. The molecule has 0 saturated carbocycles. The third kappa shape index (κ3) is 2.27. The maximum atomic E-state index is 11.8. The van der Waals surface area contributed by atoms with E-state index in [0.717, 1.165) is 7.11 Å². The van der Waals surface area contributed by atoms with Crippen LogP contribution in [0.15, 0.2) is 26.5 Å². The quantitative estimate of drug-likeness (QED) is 0.635. The molecule has 1 aromatic carbocycles. The Labute approximate surface area is 117 Å². The second-order valence-corrected chi connectivity index (χ2v) is 4.34. The first-order valence-electron chi connectivity index (χ1n) is 5.49. The Kier molecular flexibility index (Phi) is 3.80. The predicted molar refractivity (Wildman–Crippen MR) is 70.6 cm³/mol. The molecule has 0 bridgehead atoms. The molecule has 0 aliphatic carbocycles. The Morgan fingerprint density at radius 3 is 2.80 bits per heavy atom. The van der Waals surface area contributed by atoms with Gasteiger partial charge in [0.1, 0.15) is 5.52 Å². The number of esters is 1. The lowest BCUT2D eigenvalue weighted by molar-refractivity contribution is -0.142. The molecule has 0 spiro atoms. The zero-order valence-corrected chi connectivity index (χ0v) is 11.3. The number of ether oxygens (including phenoxy) is 1. The predicted octanol–water partition coefficient (Wildman–Crippen LogP) is 2.13. The third-order valence-corrected chi connectivity index (χ3v) is 3.17. The highest BCUT2D eigenvalue weighted by molar-refractivity contribution is 6.32. The van der Waals surface area contributed by atoms with Gasteiger partial charge in [0.25, 0.3) is 0 Å². The average Bonchev–Trinajstić information content (AvgIpc) is 2.44. The van der Waals surface area contributed by atoms with Gasteiger partial charge in [0, 0.05) is 5.02 Å². The van der Waals surface area contributed by atoms with Crippen LogP contribution in [0, 0.1) is 11.8 Å². The molecule has 0 amide bonds. The van der Waals surface area contributed by atoms with E-state index in [1.54, 1.807) is 13.0 Å². The molecule has 1 atom stereocenters. The van der Waals surface area contributed by atoms with Crippen LogP contribution in [0.5, 0.6) is 0 Å². The number of hydrogen-bond acceptors (Lipinski definition) is 7. The standard InChI is InChI=1S/C12H9ClN2O5/c1-5-6(13)3-4-7-8(5)14-9(12(17)20-7)10(15-18)11(16)19-2/h3-4,10H,1-2H3. The van der Waals surface area contributed by atoms with Gasteiger partial charge in [-0.2, -0.15) is 0 Å². The van der Waals surface area contributed by atoms with Crippen LogP contribution in [0.4, 0.5) is 0 Å². The normalized spacial score (nSPS) is 12.2. The Morgan fingerprint density at radius 2 is 2.20 bits per heavy atom. The van der Waals surface area contributed by atoms with Crippen molar-refractivity contribution in [2.45, 2.75) is 13.0 Å². The van der Waals surface area contributed by atoms with Gasteiger partial charge in [0.15, 0.2) is 11.3 Å². The molecule has 0 N–H and O–H groups in total. The van der Waals surface area contributed by atoms with E-state index in [9.17, 15) is 14.5 Å². The van der Waals surface area contributed by atoms with Gasteiger partial charge in [0.05, 0.1) is 7.11 Å². The van der Waals surface area contributed by atoms with Crippen LogP contribution in [-0.4, -0.2) is 18.1 Å². The highest BCUT2D eigenvalue weighted by atomic mass is 35.5. The SMILES string of the molecule is COC(=O)C(N=O)c1nc2c(C)c(Cl)ccc2oc1=O. The summed E-state index contributed by atoms with van der Waals surface area (Å²) in [6.45, 7) is 1.67. The van der Waals surface area contributed by atoms with Crippen molar-refractivity contribution < 1.29 is 13.9 Å². The van der Waals surface area contributed by atoms with E-state index in [1.165, 1.54) is 6.07 Å². The molecule has 1 heterocycles. The summed E-state index contributed by atoms with van der Waals surface area (Å²) in [4.78, 5) is 37.9. The summed E-state index contributed by atoms with van der Waals surface area (Å²) in [5, 5.41) is 2.98. The van der Waals surface area contributed by atoms with Crippen molar-refractivity contribution in [3.05, 3.63) is 43.7 Å². The third-order valence-electron chi connectivity index (χ3n) is 2.76. The van der Waals surface area contributed by atoms with E-state index in [4.69, 9.17) is 16.0 Å². The summed E-state index contributed by atoms with van der Waals surface area (Å²) in [7, 11) is 1.07. The van der Waals surface area contributed by atoms with E-state index < -0.39 is 23.3 Å². The molecule has 0 aliphatic heterocycles. The van der Waals surface area contributed by atoms with Crippen LogP contribution in [0.1, 0.15) is 17.3 Å². The Bertz CT molecular complexity index is 755. The van der Waals surface area contributed by atoms with Gasteiger partial charge in [-0.1, -0.05) is 11.6 Å². The lowest BCUT2D eigenvalue weighted by Crippen LogP contribution is -2.21. The van der Waals surface area contributed by atoms with Crippen molar-refractivity contribution in [1.82, 2.24) is 4.98 Å². The van der Waals surface area contributed by atoms with Gasteiger partial charge in [-0.3, -0.25) is 0 Å². The minimum Gasteiger partial charge on any atom is -0.467 e. The summed E-state index contributed by atoms with van der Waals surface area (Å²) in [6, 6.07) is 1.36. The molecule has 0 aliphatic rings. The maximum absolute atomic E-state index is 11.8. The fraction of sp³-hybridized carbons (Fsp3) is 0.250. The molecule has 1 aromatic heterocycles. The van der Waals surface area contributed by atoms with Crippen LogP contribution in [0.25, 0.3) is 11.1 Å². The van der Waals surface area contributed by atoms with Gasteiger partial charge in [-0.25, -0.2) is 14.6 Å². The molecule has 0 radical (unpaired) electrons. The summed E-state index contributed by atoms with van der Waals surface area (Å²) in [5.41, 5.74) is -0.303. The number of nitroso groups, excluding NO2 is 1. The molecule has 2 aromatic rings. The van der Waals surface area contributed by atoms with Crippen molar-refractivity contribution in [3.8, 4) is 0 Å². The maximum Gasteiger partial charge on any atom is 0.361 e. The van der Waals surface area contributed by atoms with Crippen LogP contribution in [-0.2, 0) is 9.53 Å². The molecule has 2 rings (SSSR count). The lowest BCUT2D eigenvalue weighted by Gasteiger charge is -2.07. The summed E-state index contributed by atoms with van der Waals surface area (Å²) in [5.74, 6) is -0.987. The van der Waals surface area contributed by atoms with Gasteiger partial charge >= 0.3 is 11.6 Å². The van der Waals surface area contributed by atoms with Crippen LogP contribution >= 0.6 is 11.6 Å². The van der Waals surface area contributed by atoms with Crippen LogP contribution in [0.2, 0.25) is 5.02 Å². The molecule has 0 fully saturated rings. The number of aryl methyl sites for hydroxylation is 1. The number of nitrogens with zero attached hydrogens (tertiary/aromatic N) is 2. The summed E-state index contributed by atoms with van der Waals surface area (Å²) >= 11 is 5.95. The number of halogens is 1. The number of fused-ring (bicyclic) bond motifs is 1. The first-order chi connectivity index (χ1) is 9.49. The summed E-state index contributed by atoms with van der Waals surface area (Å²) in [6.07, 6.45) is 0. The number of hydrogen-bond donors (Lipinski definition) is 0. The smallest absolute Gasteiger partial charge is 0.361 e. The van der Waals surface area contributed by atoms with Gasteiger partial charge in [0.2, 0.25) is 6.04 Å². The number of carbonyl (C=O) groups excluding carboxylic acids is 1. The molecular formula is C12H9ClN2O5. The topological polar surface area (TPSA) is 98.8 Å². The number of methoxy groups -OCH3 is 1. The Hall–Kier alpha value is -2.28. The second-order valence-electron chi connectivity index (χ2n) is 3.94. The first kappa shape index (κ1) is 14.1. The largest absolute Gasteiger partial charge is 0.467 e. The molecule has 8 heteroatoms. The fourth-order valence-electron chi connectivity index (χ4n) is 1.68. The molecule has 0 saturated heterocycles. The number of benzene rings is 1. The average molecular weight is 297 g/mol. The number of rotatable bonds is 3. The van der Waals surface area contributed by atoms with Crippen LogP contribution < -0.4 is 5.63 Å².